The lowest BCUT2D eigenvalue weighted by atomic mass is 9.70. The lowest BCUT2D eigenvalue weighted by Crippen LogP contribution is -2.51. The number of nitriles is 4. The minimum atomic E-state index is -2.96. The van der Waals surface area contributed by atoms with E-state index in [0.29, 0.717) is 37.4 Å². The summed E-state index contributed by atoms with van der Waals surface area (Å²) in [5.41, 5.74) is -5.48. The third-order valence-corrected chi connectivity index (χ3v) is 19.1. The summed E-state index contributed by atoms with van der Waals surface area (Å²) in [6.45, 7) is -1.66. The average Bonchev–Trinajstić information content (AvgIpc) is 1.53. The fraction of sp³-hybridized carbons (Fsp3) is 0.0857. The molecule has 0 unspecified atom stereocenters. The van der Waals surface area contributed by atoms with Gasteiger partial charge in [-0.3, -0.25) is 28.8 Å². The second kappa shape index (κ2) is 23.0. The van der Waals surface area contributed by atoms with Crippen LogP contribution in [0.15, 0.2) is 203 Å². The predicted molar refractivity (Wildman–Crippen MR) is 331 cm³/mol. The van der Waals surface area contributed by atoms with Crippen LogP contribution in [-0.2, 0) is 75.4 Å². The van der Waals surface area contributed by atoms with Gasteiger partial charge in [-0.25, -0.2) is 9.98 Å². The van der Waals surface area contributed by atoms with E-state index in [1.54, 1.807) is 164 Å². The number of fused-ring (bicyclic) bond motifs is 9. The summed E-state index contributed by atoms with van der Waals surface area (Å²) in [6, 6.07) is 56.4. The Kier molecular flexibility index (Phi) is 14.6. The van der Waals surface area contributed by atoms with Crippen LogP contribution in [-0.4, -0.2) is 46.9 Å². The van der Waals surface area contributed by atoms with Gasteiger partial charge >= 0.3 is 23.9 Å². The van der Waals surface area contributed by atoms with Crippen molar-refractivity contribution in [3.63, 3.8) is 0 Å². The molecule has 9 aromatic rings. The van der Waals surface area contributed by atoms with Gasteiger partial charge in [0.15, 0.2) is 0 Å². The van der Waals surface area contributed by atoms with Gasteiger partial charge in [-0.1, -0.05) is 170 Å². The molecule has 0 aliphatic heterocycles. The van der Waals surface area contributed by atoms with Gasteiger partial charge in [0.05, 0.1) is 20.2 Å². The van der Waals surface area contributed by atoms with Crippen molar-refractivity contribution in [3.05, 3.63) is 259 Å². The van der Waals surface area contributed by atoms with Crippen LogP contribution in [0, 0.1) is 45.3 Å². The number of carbonyl (C=O) groups excluding carboxylic acids is 6. The van der Waals surface area contributed by atoms with E-state index in [1.807, 2.05) is 24.3 Å². The SMILES string of the molecule is N#CC(C#N)=C1C(=NC2=Cc3sc4c(c3C2(C(=O)OCc2ccccc2)C(=O)OCc2ccccc2)C(C(=O)OCc2ccccc2)(C(=O)OCc2ccccc2)c2c-4sc3cc(N=C4C(=O)c5ccccc5C4=C(C#N)C#N)sc23)C(=O)c2ccccc21. The molecule has 89 heavy (non-hydrogen) atoms. The molecule has 0 radical (unpaired) electrons. The Morgan fingerprint density at radius 1 is 0.427 bits per heavy atom. The first-order valence-electron chi connectivity index (χ1n) is 27.3. The third-order valence-electron chi connectivity index (χ3n) is 15.5. The maximum absolute atomic E-state index is 16.4. The highest BCUT2D eigenvalue weighted by Crippen LogP contribution is 2.66. The highest BCUT2D eigenvalue weighted by Gasteiger charge is 2.69. The predicted octanol–water partition coefficient (Wildman–Crippen LogP) is 12.8. The third kappa shape index (κ3) is 9.21. The van der Waals surface area contributed by atoms with Crippen LogP contribution in [0.3, 0.4) is 0 Å². The number of ether oxygens (including phenoxy) is 4. The van der Waals surface area contributed by atoms with Crippen molar-refractivity contribution in [2.75, 3.05) is 0 Å². The van der Waals surface area contributed by atoms with E-state index in [4.69, 9.17) is 28.9 Å². The van der Waals surface area contributed by atoms with Gasteiger partial charge in [0.1, 0.15) is 78.3 Å². The lowest BCUT2D eigenvalue weighted by Gasteiger charge is -2.32. The average molecular weight is 1220 g/mol. The van der Waals surface area contributed by atoms with Crippen molar-refractivity contribution < 1.29 is 47.7 Å². The molecule has 3 heterocycles. The van der Waals surface area contributed by atoms with Crippen molar-refractivity contribution in [3.8, 4) is 34.0 Å². The van der Waals surface area contributed by atoms with E-state index in [9.17, 15) is 30.6 Å². The van der Waals surface area contributed by atoms with Crippen LogP contribution in [0.1, 0.15) is 75.7 Å². The van der Waals surface area contributed by atoms with Crippen LogP contribution in [0.2, 0.25) is 0 Å². The zero-order valence-electron chi connectivity index (χ0n) is 46.1. The van der Waals surface area contributed by atoms with Crippen molar-refractivity contribution >= 4 is 113 Å². The number of allylic oxidation sites excluding steroid dienone is 4. The number of esters is 4. The van der Waals surface area contributed by atoms with E-state index < -0.39 is 89.7 Å². The van der Waals surface area contributed by atoms with E-state index in [0.717, 1.165) is 34.0 Å². The highest BCUT2D eigenvalue weighted by molar-refractivity contribution is 7.33. The number of ketones is 2. The Hall–Kier alpha value is -11.6. The number of aliphatic imine (C=N–C) groups is 2. The summed E-state index contributed by atoms with van der Waals surface area (Å²) in [4.78, 5) is 105. The minimum Gasteiger partial charge on any atom is -0.459 e. The topological polar surface area (TPSA) is 259 Å². The first kappa shape index (κ1) is 56.5. The van der Waals surface area contributed by atoms with Crippen LogP contribution in [0.4, 0.5) is 5.00 Å². The molecule has 0 saturated carbocycles. The molecule has 0 N–H and O–H groups in total. The van der Waals surface area contributed by atoms with Crippen molar-refractivity contribution in [1.29, 1.82) is 21.0 Å². The van der Waals surface area contributed by atoms with Gasteiger partial charge in [-0.15, -0.1) is 34.0 Å². The number of hydrogen-bond acceptors (Lipinski definition) is 19. The molecule has 426 valence electrons. The van der Waals surface area contributed by atoms with Crippen molar-refractivity contribution in [2.24, 2.45) is 9.98 Å². The Morgan fingerprint density at radius 3 is 1.21 bits per heavy atom. The Balaban J connectivity index is 1.10. The number of hydrogen-bond donors (Lipinski definition) is 0. The molecule has 0 fully saturated rings. The number of rotatable bonds is 14. The summed E-state index contributed by atoms with van der Waals surface area (Å²) in [5.74, 6) is -6.29. The van der Waals surface area contributed by atoms with Gasteiger partial charge in [-0.05, 0) is 45.5 Å². The maximum atomic E-state index is 16.4. The number of nitrogens with zero attached hydrogens (tertiary/aromatic N) is 6. The Bertz CT molecular complexity index is 4770. The smallest absolute Gasteiger partial charge is 0.334 e. The second-order valence-electron chi connectivity index (χ2n) is 20.5. The van der Waals surface area contributed by atoms with Crippen molar-refractivity contribution in [1.82, 2.24) is 0 Å². The van der Waals surface area contributed by atoms with Crippen LogP contribution >= 0.6 is 34.0 Å². The largest absolute Gasteiger partial charge is 0.459 e. The summed E-state index contributed by atoms with van der Waals surface area (Å²) in [6.07, 6.45) is 1.38. The fourth-order valence-electron chi connectivity index (χ4n) is 11.5. The maximum Gasteiger partial charge on any atom is 0.334 e. The molecular weight excluding hydrogens is 1180 g/mol. The van der Waals surface area contributed by atoms with Crippen LogP contribution < -0.4 is 0 Å². The van der Waals surface area contributed by atoms with Gasteiger partial charge in [-0.2, -0.15) is 21.0 Å². The molecule has 6 aromatic carbocycles. The summed E-state index contributed by atoms with van der Waals surface area (Å²) in [7, 11) is 0. The number of carbonyl (C=O) groups is 6. The standard InChI is InChI=1S/C70H38N6O10S3/c71-31-43(32-72)53-45-25-13-15-27-47(45)60(77)58(53)75-51-29-49-55(69(51,65(79)83-35-39-17-5-1-6-18-39)66(80)84-36-40-19-7-2-8-20-40)56-63(87-49)64-57(70(56,67(81)85-37-41-21-9-3-10-22-41)68(82)86-38-42-23-11-4-12-24-42)62-50(88-64)30-52(89-62)76-59-54(44(33-73)34-74)46-26-14-16-28-48(46)61(59)78/h1-30H,35-38H2. The number of thiophene rings is 3. The Morgan fingerprint density at radius 2 is 0.798 bits per heavy atom. The molecule has 3 aromatic heterocycles. The number of benzene rings is 6. The molecule has 16 nitrogen and oxygen atoms in total. The van der Waals surface area contributed by atoms with E-state index in [2.05, 4.69) is 0 Å². The Labute approximate surface area is 518 Å². The molecule has 4 aliphatic carbocycles. The van der Waals surface area contributed by atoms with Gasteiger partial charge in [0.2, 0.25) is 22.4 Å². The highest BCUT2D eigenvalue weighted by atomic mass is 32.1. The minimum absolute atomic E-state index is 0.0300. The lowest BCUT2D eigenvalue weighted by molar-refractivity contribution is -0.167. The first-order chi connectivity index (χ1) is 43.4. The molecule has 19 heteroatoms. The fourth-order valence-corrected chi connectivity index (χ4v) is 15.7. The normalized spacial score (nSPS) is 15.1. The van der Waals surface area contributed by atoms with Gasteiger partial charge in [0.25, 0.3) is 0 Å². The summed E-state index contributed by atoms with van der Waals surface area (Å²) in [5, 5.41) is 41.4. The first-order valence-corrected chi connectivity index (χ1v) is 29.8. The monoisotopic (exact) mass is 1220 g/mol. The summed E-state index contributed by atoms with van der Waals surface area (Å²) >= 11 is 3.12. The molecule has 0 saturated heterocycles. The molecule has 0 atom stereocenters. The van der Waals surface area contributed by atoms with E-state index in [1.165, 1.54) is 18.2 Å². The molecule has 0 spiro atoms. The molecule has 13 rings (SSSR count). The molecule has 0 amide bonds. The van der Waals surface area contributed by atoms with Crippen LogP contribution in [0.25, 0.3) is 36.4 Å². The molecule has 0 bridgehead atoms. The number of Topliss-reactive ketones (excluding diaryl/α,β-unsaturated/α-hetero) is 2. The van der Waals surface area contributed by atoms with Crippen LogP contribution in [0.5, 0.6) is 0 Å². The van der Waals surface area contributed by atoms with Gasteiger partial charge < -0.3 is 18.9 Å². The zero-order valence-corrected chi connectivity index (χ0v) is 48.6. The van der Waals surface area contributed by atoms with E-state index in [-0.39, 0.29) is 75.3 Å². The second-order valence-corrected chi connectivity index (χ2v) is 23.7. The zero-order chi connectivity index (χ0) is 61.6. The molecule has 4 aliphatic rings. The van der Waals surface area contributed by atoms with Crippen molar-refractivity contribution in [2.45, 2.75) is 37.3 Å². The molecular formula is C70H38N6O10S3. The van der Waals surface area contributed by atoms with E-state index >= 15 is 19.2 Å². The summed E-state index contributed by atoms with van der Waals surface area (Å²) < 4.78 is 26.1. The van der Waals surface area contributed by atoms with Gasteiger partial charge in [0, 0.05) is 48.5 Å². The quantitative estimate of drug-likeness (QED) is 0.0424.